The van der Waals surface area contributed by atoms with E-state index in [1.807, 2.05) is 42.5 Å². The maximum absolute atomic E-state index is 13.9. The zero-order chi connectivity index (χ0) is 21.4. The molecule has 1 aliphatic heterocycles. The molecule has 2 amide bonds. The van der Waals surface area contributed by atoms with Crippen molar-refractivity contribution in [1.82, 2.24) is 10.2 Å². The van der Waals surface area contributed by atoms with E-state index in [2.05, 4.69) is 5.32 Å². The van der Waals surface area contributed by atoms with E-state index in [1.54, 1.807) is 23.1 Å². The number of nitrogens with one attached hydrogen (secondary N) is 1. The van der Waals surface area contributed by atoms with E-state index in [0.29, 0.717) is 24.0 Å². The Morgan fingerprint density at radius 1 is 0.968 bits per heavy atom. The van der Waals surface area contributed by atoms with Crippen molar-refractivity contribution in [3.8, 4) is 0 Å². The molecule has 1 aliphatic rings. The van der Waals surface area contributed by atoms with E-state index >= 15 is 0 Å². The van der Waals surface area contributed by atoms with Gasteiger partial charge in [-0.2, -0.15) is 0 Å². The average molecular weight is 416 g/mol. The number of rotatable bonds is 3. The molecule has 1 saturated heterocycles. The molecule has 0 aliphatic carbocycles. The van der Waals surface area contributed by atoms with E-state index < -0.39 is 5.82 Å². The van der Waals surface area contributed by atoms with E-state index in [0.717, 1.165) is 23.6 Å². The molecule has 0 saturated carbocycles. The number of carbonyl (C=O) groups excluding carboxylic acids is 2. The Labute approximate surface area is 178 Å². The Morgan fingerprint density at radius 2 is 1.77 bits per heavy atom. The minimum Gasteiger partial charge on any atom is -0.448 e. The smallest absolute Gasteiger partial charge is 0.289 e. The van der Waals surface area contributed by atoms with Crippen LogP contribution in [-0.4, -0.2) is 35.8 Å². The average Bonchev–Trinajstić information content (AvgIpc) is 3.24. The van der Waals surface area contributed by atoms with Gasteiger partial charge in [0.05, 0.1) is 0 Å². The summed E-state index contributed by atoms with van der Waals surface area (Å²) in [5.74, 6) is -0.826. The van der Waals surface area contributed by atoms with Crippen LogP contribution in [0.2, 0.25) is 0 Å². The van der Waals surface area contributed by atoms with Crippen molar-refractivity contribution in [2.45, 2.75) is 18.9 Å². The first kappa shape index (κ1) is 19.3. The van der Waals surface area contributed by atoms with Crippen LogP contribution in [0.15, 0.2) is 71.1 Å². The summed E-state index contributed by atoms with van der Waals surface area (Å²) < 4.78 is 19.4. The van der Waals surface area contributed by atoms with Crippen molar-refractivity contribution < 1.29 is 18.4 Å². The van der Waals surface area contributed by atoms with Gasteiger partial charge in [-0.05, 0) is 47.9 Å². The van der Waals surface area contributed by atoms with Crippen LogP contribution in [-0.2, 0) is 0 Å². The van der Waals surface area contributed by atoms with Crippen LogP contribution in [0.25, 0.3) is 21.7 Å². The Kier molecular flexibility index (Phi) is 4.90. The van der Waals surface area contributed by atoms with Crippen LogP contribution < -0.4 is 5.32 Å². The van der Waals surface area contributed by atoms with Gasteiger partial charge in [0, 0.05) is 30.1 Å². The third-order valence-electron chi connectivity index (χ3n) is 5.76. The van der Waals surface area contributed by atoms with Crippen molar-refractivity contribution in [3.05, 3.63) is 83.9 Å². The summed E-state index contributed by atoms with van der Waals surface area (Å²) in [5, 5.41) is 5.69. The van der Waals surface area contributed by atoms with Gasteiger partial charge in [0.25, 0.3) is 11.8 Å². The standard InChI is InChI=1S/C25H21FN2O3/c26-21-9-3-7-18-14-22(31-23(18)21)25(30)28-12-4-8-20(15-28)27-24(29)19-11-10-16-5-1-2-6-17(16)13-19/h1-3,5-7,9-11,13-14,20H,4,8,12,15H2,(H,27,29). The monoisotopic (exact) mass is 416 g/mol. The second kappa shape index (κ2) is 7.87. The predicted octanol–water partition coefficient (Wildman–Crippen LogP) is 4.76. The zero-order valence-electron chi connectivity index (χ0n) is 16.8. The molecule has 5 rings (SSSR count). The number of piperidine rings is 1. The molecule has 4 aromatic rings. The van der Waals surface area contributed by atoms with Crippen molar-refractivity contribution in [2.24, 2.45) is 0 Å². The van der Waals surface area contributed by atoms with Gasteiger partial charge in [-0.15, -0.1) is 0 Å². The fourth-order valence-electron chi connectivity index (χ4n) is 4.17. The zero-order valence-corrected chi connectivity index (χ0v) is 16.8. The van der Waals surface area contributed by atoms with E-state index in [4.69, 9.17) is 4.42 Å². The SMILES string of the molecule is O=C(NC1CCCN(C(=O)c2cc3cccc(F)c3o2)C1)c1ccc2ccccc2c1. The highest BCUT2D eigenvalue weighted by Crippen LogP contribution is 2.24. The molecular formula is C25H21FN2O3. The number of halogens is 1. The van der Waals surface area contributed by atoms with Crippen LogP contribution in [0.5, 0.6) is 0 Å². The number of hydrogen-bond acceptors (Lipinski definition) is 3. The minimum absolute atomic E-state index is 0.0871. The largest absolute Gasteiger partial charge is 0.448 e. The predicted molar refractivity (Wildman–Crippen MR) is 117 cm³/mol. The van der Waals surface area contributed by atoms with Crippen molar-refractivity contribution in [1.29, 1.82) is 0 Å². The first-order valence-corrected chi connectivity index (χ1v) is 10.4. The molecule has 3 aromatic carbocycles. The number of carbonyl (C=O) groups is 2. The highest BCUT2D eigenvalue weighted by Gasteiger charge is 2.28. The summed E-state index contributed by atoms with van der Waals surface area (Å²) in [6.45, 7) is 0.957. The van der Waals surface area contributed by atoms with E-state index in [9.17, 15) is 14.0 Å². The van der Waals surface area contributed by atoms with Gasteiger partial charge < -0.3 is 14.6 Å². The lowest BCUT2D eigenvalue weighted by Crippen LogP contribution is -2.49. The van der Waals surface area contributed by atoms with Crippen LogP contribution in [0, 0.1) is 5.82 Å². The number of amides is 2. The number of likely N-dealkylation sites (tertiary alicyclic amines) is 1. The molecule has 1 fully saturated rings. The van der Waals surface area contributed by atoms with Gasteiger partial charge in [-0.1, -0.05) is 42.5 Å². The summed E-state index contributed by atoms with van der Waals surface area (Å²) in [7, 11) is 0. The number of hydrogen-bond donors (Lipinski definition) is 1. The topological polar surface area (TPSA) is 62.6 Å². The fourth-order valence-corrected chi connectivity index (χ4v) is 4.17. The number of benzene rings is 3. The Bertz CT molecular complexity index is 1300. The molecule has 1 atom stereocenters. The molecule has 31 heavy (non-hydrogen) atoms. The first-order valence-electron chi connectivity index (χ1n) is 10.4. The lowest BCUT2D eigenvalue weighted by atomic mass is 10.0. The van der Waals surface area contributed by atoms with E-state index in [1.165, 1.54) is 6.07 Å². The number of furan rings is 1. The van der Waals surface area contributed by atoms with Crippen molar-refractivity contribution >= 4 is 33.6 Å². The van der Waals surface area contributed by atoms with Gasteiger partial charge in [-0.3, -0.25) is 9.59 Å². The Hall–Kier alpha value is -3.67. The van der Waals surface area contributed by atoms with Gasteiger partial charge in [0.2, 0.25) is 0 Å². The van der Waals surface area contributed by atoms with Crippen molar-refractivity contribution in [3.63, 3.8) is 0 Å². The highest BCUT2D eigenvalue weighted by molar-refractivity contribution is 5.99. The third kappa shape index (κ3) is 3.77. The molecule has 0 radical (unpaired) electrons. The molecular weight excluding hydrogens is 395 g/mol. The quantitative estimate of drug-likeness (QED) is 0.524. The summed E-state index contributed by atoms with van der Waals surface area (Å²) >= 11 is 0. The minimum atomic E-state index is -0.490. The lowest BCUT2D eigenvalue weighted by Gasteiger charge is -2.32. The molecule has 1 unspecified atom stereocenters. The summed E-state index contributed by atoms with van der Waals surface area (Å²) in [4.78, 5) is 27.4. The maximum atomic E-state index is 13.9. The third-order valence-corrected chi connectivity index (χ3v) is 5.76. The van der Waals surface area contributed by atoms with Crippen LogP contribution >= 0.6 is 0 Å². The van der Waals surface area contributed by atoms with Gasteiger partial charge >= 0.3 is 0 Å². The molecule has 2 heterocycles. The molecule has 6 heteroatoms. The number of para-hydroxylation sites is 1. The van der Waals surface area contributed by atoms with E-state index in [-0.39, 0.29) is 29.2 Å². The molecule has 5 nitrogen and oxygen atoms in total. The van der Waals surface area contributed by atoms with Crippen molar-refractivity contribution in [2.75, 3.05) is 13.1 Å². The second-order valence-corrected chi connectivity index (χ2v) is 7.89. The normalized spacial score (nSPS) is 16.5. The van der Waals surface area contributed by atoms with Gasteiger partial charge in [0.1, 0.15) is 0 Å². The first-order chi connectivity index (χ1) is 15.1. The Balaban J connectivity index is 1.29. The highest BCUT2D eigenvalue weighted by atomic mass is 19.1. The lowest BCUT2D eigenvalue weighted by molar-refractivity contribution is 0.0649. The van der Waals surface area contributed by atoms with Gasteiger partial charge in [0.15, 0.2) is 17.2 Å². The molecule has 156 valence electrons. The van der Waals surface area contributed by atoms with Gasteiger partial charge in [-0.25, -0.2) is 4.39 Å². The second-order valence-electron chi connectivity index (χ2n) is 7.89. The molecule has 0 spiro atoms. The molecule has 1 aromatic heterocycles. The number of fused-ring (bicyclic) bond motifs is 2. The molecule has 0 bridgehead atoms. The van der Waals surface area contributed by atoms with Crippen LogP contribution in [0.4, 0.5) is 4.39 Å². The molecule has 1 N–H and O–H groups in total. The summed E-state index contributed by atoms with van der Waals surface area (Å²) in [6.07, 6.45) is 1.56. The summed E-state index contributed by atoms with van der Waals surface area (Å²) in [6, 6.07) is 19.5. The van der Waals surface area contributed by atoms with Crippen LogP contribution in [0.1, 0.15) is 33.8 Å². The maximum Gasteiger partial charge on any atom is 0.289 e. The fraction of sp³-hybridized carbons (Fsp3) is 0.200. The Morgan fingerprint density at radius 3 is 2.61 bits per heavy atom. The van der Waals surface area contributed by atoms with Crippen LogP contribution in [0.3, 0.4) is 0 Å². The summed E-state index contributed by atoms with van der Waals surface area (Å²) in [5.41, 5.74) is 0.680. The number of nitrogens with zero attached hydrogens (tertiary/aromatic N) is 1.